The van der Waals surface area contributed by atoms with Crippen molar-refractivity contribution in [3.8, 4) is 0 Å². The van der Waals surface area contributed by atoms with Gasteiger partial charge in [-0.2, -0.15) is 0 Å². The molecule has 106 valence electrons. The summed E-state index contributed by atoms with van der Waals surface area (Å²) in [4.78, 5) is 0.196. The third-order valence-corrected chi connectivity index (χ3v) is 5.11. The van der Waals surface area contributed by atoms with Gasteiger partial charge in [0.05, 0.1) is 4.83 Å². The topological polar surface area (TPSA) is 0 Å². The van der Waals surface area contributed by atoms with E-state index < -0.39 is 0 Å². The van der Waals surface area contributed by atoms with Crippen LogP contribution in [0.15, 0.2) is 42.5 Å². The number of rotatable bonds is 5. The zero-order chi connectivity index (χ0) is 14.5. The number of benzene rings is 2. The second-order valence-electron chi connectivity index (χ2n) is 5.16. The van der Waals surface area contributed by atoms with Crippen molar-refractivity contribution in [2.75, 3.05) is 0 Å². The average Bonchev–Trinajstić information content (AvgIpc) is 2.48. The Morgan fingerprint density at radius 1 is 1.10 bits per heavy atom. The summed E-state index contributed by atoms with van der Waals surface area (Å²) in [6.07, 6.45) is 3.66. The molecule has 0 nitrogen and oxygen atoms in total. The minimum Gasteiger partial charge on any atom is -0.0840 e. The number of aryl methyl sites for hydroxylation is 1. The van der Waals surface area contributed by atoms with Gasteiger partial charge in [0, 0.05) is 5.02 Å². The van der Waals surface area contributed by atoms with Gasteiger partial charge in [-0.15, -0.1) is 0 Å². The maximum absolute atomic E-state index is 6.21. The van der Waals surface area contributed by atoms with Crippen LogP contribution in [-0.4, -0.2) is 0 Å². The smallest absolute Gasteiger partial charge is 0.0647 e. The van der Waals surface area contributed by atoms with Gasteiger partial charge in [-0.1, -0.05) is 77.3 Å². The Bertz CT molecular complexity index is 560. The van der Waals surface area contributed by atoms with Gasteiger partial charge in [0.1, 0.15) is 0 Å². The van der Waals surface area contributed by atoms with Crippen LogP contribution < -0.4 is 0 Å². The minimum absolute atomic E-state index is 0.196. The fourth-order valence-corrected chi connectivity index (χ4v) is 3.30. The Balaban J connectivity index is 2.20. The van der Waals surface area contributed by atoms with E-state index in [2.05, 4.69) is 60.1 Å². The van der Waals surface area contributed by atoms with Crippen LogP contribution in [0.3, 0.4) is 0 Å². The highest BCUT2D eigenvalue weighted by Gasteiger charge is 2.13. The van der Waals surface area contributed by atoms with Crippen molar-refractivity contribution in [3.05, 3.63) is 69.7 Å². The lowest BCUT2D eigenvalue weighted by molar-refractivity contribution is 0.795. The predicted molar refractivity (Wildman–Crippen MR) is 92.0 cm³/mol. The van der Waals surface area contributed by atoms with Gasteiger partial charge >= 0.3 is 0 Å². The molecule has 0 amide bonds. The highest BCUT2D eigenvalue weighted by atomic mass is 79.9. The lowest BCUT2D eigenvalue weighted by Crippen LogP contribution is -1.97. The summed E-state index contributed by atoms with van der Waals surface area (Å²) in [6.45, 7) is 4.30. The molecule has 20 heavy (non-hydrogen) atoms. The van der Waals surface area contributed by atoms with Gasteiger partial charge in [-0.25, -0.2) is 0 Å². The van der Waals surface area contributed by atoms with Crippen LogP contribution in [0.5, 0.6) is 0 Å². The molecule has 0 aliphatic heterocycles. The molecule has 0 aliphatic carbocycles. The highest BCUT2D eigenvalue weighted by Crippen LogP contribution is 2.35. The van der Waals surface area contributed by atoms with Crippen LogP contribution in [-0.2, 0) is 6.42 Å². The van der Waals surface area contributed by atoms with Crippen LogP contribution in [0, 0.1) is 6.92 Å². The molecular weight excluding hydrogens is 332 g/mol. The van der Waals surface area contributed by atoms with Crippen LogP contribution in [0.1, 0.15) is 46.8 Å². The van der Waals surface area contributed by atoms with Crippen molar-refractivity contribution in [3.63, 3.8) is 0 Å². The molecule has 0 aromatic heterocycles. The zero-order valence-corrected chi connectivity index (χ0v) is 14.3. The Hall–Kier alpha value is -0.790. The van der Waals surface area contributed by atoms with Gasteiger partial charge in [-0.3, -0.25) is 0 Å². The maximum Gasteiger partial charge on any atom is 0.0647 e. The van der Waals surface area contributed by atoms with Crippen molar-refractivity contribution in [2.24, 2.45) is 0 Å². The zero-order valence-electron chi connectivity index (χ0n) is 12.0. The second-order valence-corrected chi connectivity index (χ2v) is 6.48. The lowest BCUT2D eigenvalue weighted by Gasteiger charge is -2.15. The molecule has 1 unspecified atom stereocenters. The average molecular weight is 352 g/mol. The summed E-state index contributed by atoms with van der Waals surface area (Å²) in [6, 6.07) is 15.0. The number of unbranched alkanes of at least 4 members (excludes halogenated alkanes) is 1. The monoisotopic (exact) mass is 350 g/mol. The van der Waals surface area contributed by atoms with Crippen molar-refractivity contribution < 1.29 is 0 Å². The molecule has 2 rings (SSSR count). The molecule has 2 aromatic carbocycles. The summed E-state index contributed by atoms with van der Waals surface area (Å²) < 4.78 is 0. The summed E-state index contributed by atoms with van der Waals surface area (Å²) in [5.41, 5.74) is 5.07. The number of alkyl halides is 1. The Labute approximate surface area is 135 Å². The van der Waals surface area contributed by atoms with Crippen molar-refractivity contribution >= 4 is 27.5 Å². The standard InChI is InChI=1S/C18H20BrCl/c1-3-4-6-14-9-11-15(12-10-14)18(19)16-7-5-8-17(20)13(16)2/h5,7-12,18H,3-4,6H2,1-2H3. The Morgan fingerprint density at radius 3 is 2.45 bits per heavy atom. The highest BCUT2D eigenvalue weighted by molar-refractivity contribution is 9.09. The van der Waals surface area contributed by atoms with Gasteiger partial charge in [0.2, 0.25) is 0 Å². The first-order chi connectivity index (χ1) is 9.63. The first-order valence-corrected chi connectivity index (χ1v) is 8.40. The molecule has 0 bridgehead atoms. The van der Waals surface area contributed by atoms with E-state index in [1.54, 1.807) is 0 Å². The first kappa shape index (κ1) is 15.6. The molecule has 0 aliphatic rings. The summed E-state index contributed by atoms with van der Waals surface area (Å²) in [7, 11) is 0. The van der Waals surface area contributed by atoms with E-state index in [9.17, 15) is 0 Å². The number of halogens is 2. The maximum atomic E-state index is 6.21. The summed E-state index contributed by atoms with van der Waals surface area (Å²) >= 11 is 10.0. The van der Waals surface area contributed by atoms with Gasteiger partial charge in [-0.05, 0) is 48.1 Å². The molecule has 0 spiro atoms. The quantitative estimate of drug-likeness (QED) is 0.541. The Kier molecular flexibility index (Phi) is 5.68. The SMILES string of the molecule is CCCCc1ccc(C(Br)c2cccc(Cl)c2C)cc1. The molecule has 2 heteroatoms. The van der Waals surface area contributed by atoms with Crippen LogP contribution >= 0.6 is 27.5 Å². The minimum atomic E-state index is 0.196. The fourth-order valence-electron chi connectivity index (χ4n) is 2.31. The molecule has 0 fully saturated rings. The van der Waals surface area contributed by atoms with Crippen LogP contribution in [0.4, 0.5) is 0 Å². The van der Waals surface area contributed by atoms with E-state index in [4.69, 9.17) is 11.6 Å². The molecule has 0 radical (unpaired) electrons. The van der Waals surface area contributed by atoms with Crippen LogP contribution in [0.25, 0.3) is 0 Å². The lowest BCUT2D eigenvalue weighted by atomic mass is 9.98. The van der Waals surface area contributed by atoms with E-state index in [1.165, 1.54) is 36.0 Å². The number of hydrogen-bond donors (Lipinski definition) is 0. The van der Waals surface area contributed by atoms with Gasteiger partial charge < -0.3 is 0 Å². The normalized spacial score (nSPS) is 12.4. The van der Waals surface area contributed by atoms with E-state index in [1.807, 2.05) is 12.1 Å². The Morgan fingerprint density at radius 2 is 1.80 bits per heavy atom. The number of hydrogen-bond acceptors (Lipinski definition) is 0. The van der Waals surface area contributed by atoms with Crippen molar-refractivity contribution in [2.45, 2.75) is 37.9 Å². The second kappa shape index (κ2) is 7.28. The summed E-state index contributed by atoms with van der Waals surface area (Å²) in [5, 5.41) is 0.825. The van der Waals surface area contributed by atoms with E-state index >= 15 is 0 Å². The molecule has 2 aromatic rings. The molecule has 0 saturated heterocycles. The molecular formula is C18H20BrCl. The molecule has 0 N–H and O–H groups in total. The molecule has 0 saturated carbocycles. The van der Waals surface area contributed by atoms with Gasteiger partial charge in [0.15, 0.2) is 0 Å². The third-order valence-electron chi connectivity index (χ3n) is 3.67. The first-order valence-electron chi connectivity index (χ1n) is 7.11. The van der Waals surface area contributed by atoms with Crippen LogP contribution in [0.2, 0.25) is 5.02 Å². The van der Waals surface area contributed by atoms with Crippen molar-refractivity contribution in [1.29, 1.82) is 0 Å². The van der Waals surface area contributed by atoms with E-state index in [0.717, 1.165) is 10.6 Å². The largest absolute Gasteiger partial charge is 0.0840 e. The summed E-state index contributed by atoms with van der Waals surface area (Å²) in [5.74, 6) is 0. The predicted octanol–water partition coefficient (Wildman–Crippen LogP) is 6.48. The van der Waals surface area contributed by atoms with Crippen molar-refractivity contribution in [1.82, 2.24) is 0 Å². The third kappa shape index (κ3) is 3.65. The van der Waals surface area contributed by atoms with E-state index in [0.29, 0.717) is 0 Å². The van der Waals surface area contributed by atoms with Gasteiger partial charge in [0.25, 0.3) is 0 Å². The van der Waals surface area contributed by atoms with E-state index in [-0.39, 0.29) is 4.83 Å². The molecule has 1 atom stereocenters. The molecule has 0 heterocycles. The fraction of sp³-hybridized carbons (Fsp3) is 0.333.